The minimum absolute atomic E-state index is 0.225. The van der Waals surface area contributed by atoms with Crippen molar-refractivity contribution in [1.29, 1.82) is 0 Å². The van der Waals surface area contributed by atoms with Gasteiger partial charge in [0.25, 0.3) is 5.91 Å². The van der Waals surface area contributed by atoms with Crippen molar-refractivity contribution < 1.29 is 13.9 Å². The van der Waals surface area contributed by atoms with Crippen molar-refractivity contribution in [3.8, 4) is 5.75 Å². The number of benzene rings is 2. The second kappa shape index (κ2) is 10.3. The Morgan fingerprint density at radius 3 is 2.56 bits per heavy atom. The molecule has 0 aliphatic heterocycles. The van der Waals surface area contributed by atoms with Gasteiger partial charge in [0.15, 0.2) is 5.76 Å². The number of nitrogens with zero attached hydrogens (tertiary/aromatic N) is 2. The molecule has 1 N–H and O–H groups in total. The van der Waals surface area contributed by atoms with Crippen LogP contribution in [0.4, 0.5) is 5.69 Å². The van der Waals surface area contributed by atoms with Gasteiger partial charge in [0, 0.05) is 0 Å². The van der Waals surface area contributed by atoms with Crippen molar-refractivity contribution in [3.63, 3.8) is 0 Å². The highest BCUT2D eigenvalue weighted by atomic mass is 16.5. The Balaban J connectivity index is 1.43. The molecule has 2 heterocycles. The summed E-state index contributed by atoms with van der Waals surface area (Å²) in [5.74, 6) is 1.25. The molecule has 6 nitrogen and oxygen atoms in total. The number of carbonyl (C=O) groups excluding carboxylic acids is 1. The van der Waals surface area contributed by atoms with Crippen molar-refractivity contribution in [1.82, 2.24) is 9.78 Å². The van der Waals surface area contributed by atoms with Crippen LogP contribution >= 0.6 is 0 Å². The summed E-state index contributed by atoms with van der Waals surface area (Å²) in [6.07, 6.45) is 2.56. The summed E-state index contributed by atoms with van der Waals surface area (Å²) < 4.78 is 13.6. The Bertz CT molecular complexity index is 1320. The number of allylic oxidation sites excluding steroid dienone is 1. The van der Waals surface area contributed by atoms with Gasteiger partial charge in [-0.05, 0) is 62.1 Å². The molecule has 0 fully saturated rings. The predicted molar refractivity (Wildman–Crippen MR) is 133 cm³/mol. The average Bonchev–Trinajstić information content (AvgIpc) is 3.41. The maximum absolute atomic E-state index is 12.9. The molecule has 34 heavy (non-hydrogen) atoms. The molecule has 0 spiro atoms. The lowest BCUT2D eigenvalue weighted by molar-refractivity contribution is 0.0992. The molecule has 0 saturated heterocycles. The third-order valence-corrected chi connectivity index (χ3v) is 5.79. The maximum atomic E-state index is 12.9. The van der Waals surface area contributed by atoms with Gasteiger partial charge in [0.2, 0.25) is 0 Å². The van der Waals surface area contributed by atoms with Crippen LogP contribution in [0.2, 0.25) is 0 Å². The topological polar surface area (TPSA) is 69.3 Å². The molecule has 0 bridgehead atoms. The predicted octanol–water partition coefficient (Wildman–Crippen LogP) is 6.01. The summed E-state index contributed by atoms with van der Waals surface area (Å²) >= 11 is 0. The van der Waals surface area contributed by atoms with E-state index in [9.17, 15) is 4.79 Å². The second-order valence-electron chi connectivity index (χ2n) is 8.24. The van der Waals surface area contributed by atoms with Gasteiger partial charge in [-0.1, -0.05) is 48.5 Å². The Kier molecular flexibility index (Phi) is 6.97. The van der Waals surface area contributed by atoms with Crippen molar-refractivity contribution in [2.75, 3.05) is 5.32 Å². The fourth-order valence-corrected chi connectivity index (χ4v) is 3.85. The van der Waals surface area contributed by atoms with Crippen LogP contribution in [-0.4, -0.2) is 15.7 Å². The number of rotatable bonds is 9. The quantitative estimate of drug-likeness (QED) is 0.314. The summed E-state index contributed by atoms with van der Waals surface area (Å²) in [6, 6.07) is 19.4. The monoisotopic (exact) mass is 455 g/mol. The van der Waals surface area contributed by atoms with Crippen LogP contribution in [0.1, 0.15) is 44.4 Å². The number of furan rings is 1. The lowest BCUT2D eigenvalue weighted by Gasteiger charge is -2.09. The van der Waals surface area contributed by atoms with E-state index in [1.54, 1.807) is 12.1 Å². The lowest BCUT2D eigenvalue weighted by atomic mass is 10.1. The Labute approximate surface area is 199 Å². The number of ether oxygens (including phenoxy) is 1. The summed E-state index contributed by atoms with van der Waals surface area (Å²) in [7, 11) is 0. The van der Waals surface area contributed by atoms with Crippen molar-refractivity contribution in [3.05, 3.63) is 113 Å². The third-order valence-electron chi connectivity index (χ3n) is 5.79. The van der Waals surface area contributed by atoms with Crippen LogP contribution in [0, 0.1) is 20.8 Å². The highest BCUT2D eigenvalue weighted by Crippen LogP contribution is 2.24. The van der Waals surface area contributed by atoms with E-state index < -0.39 is 0 Å². The smallest absolute Gasteiger partial charge is 0.291 e. The van der Waals surface area contributed by atoms with Gasteiger partial charge in [-0.3, -0.25) is 9.48 Å². The van der Waals surface area contributed by atoms with Crippen LogP contribution in [-0.2, 0) is 19.6 Å². The van der Waals surface area contributed by atoms with Gasteiger partial charge >= 0.3 is 0 Å². The van der Waals surface area contributed by atoms with Crippen LogP contribution < -0.4 is 10.1 Å². The maximum Gasteiger partial charge on any atom is 0.291 e. The largest absolute Gasteiger partial charge is 0.485 e. The first-order chi connectivity index (χ1) is 16.5. The zero-order valence-corrected chi connectivity index (χ0v) is 19.8. The molecule has 4 aromatic rings. The Morgan fingerprint density at radius 2 is 1.79 bits per heavy atom. The van der Waals surface area contributed by atoms with Gasteiger partial charge in [0.05, 0.1) is 23.6 Å². The highest BCUT2D eigenvalue weighted by Gasteiger charge is 2.18. The number of carbonyl (C=O) groups is 1. The molecule has 0 aliphatic carbocycles. The van der Waals surface area contributed by atoms with Crippen LogP contribution in [0.3, 0.4) is 0 Å². The Hall–Kier alpha value is -4.06. The molecule has 6 heteroatoms. The van der Waals surface area contributed by atoms with Gasteiger partial charge < -0.3 is 14.5 Å². The summed E-state index contributed by atoms with van der Waals surface area (Å²) in [6.45, 7) is 10.6. The minimum atomic E-state index is -0.319. The van der Waals surface area contributed by atoms with Gasteiger partial charge in [-0.25, -0.2) is 0 Å². The molecule has 1 amide bonds. The van der Waals surface area contributed by atoms with E-state index in [1.807, 2.05) is 61.0 Å². The van der Waals surface area contributed by atoms with Crippen LogP contribution in [0.5, 0.6) is 5.75 Å². The number of hydrogen-bond donors (Lipinski definition) is 1. The number of nitrogens with one attached hydrogen (secondary N) is 1. The lowest BCUT2D eigenvalue weighted by Crippen LogP contribution is -2.12. The summed E-state index contributed by atoms with van der Waals surface area (Å²) in [5.41, 5.74) is 5.80. The van der Waals surface area contributed by atoms with Crippen molar-refractivity contribution in [2.45, 2.75) is 40.3 Å². The number of anilines is 1. The summed E-state index contributed by atoms with van der Waals surface area (Å²) in [4.78, 5) is 12.9. The van der Waals surface area contributed by atoms with Crippen LogP contribution in [0.15, 0.2) is 77.7 Å². The summed E-state index contributed by atoms with van der Waals surface area (Å²) in [5, 5.41) is 7.59. The van der Waals surface area contributed by atoms with Gasteiger partial charge in [-0.2, -0.15) is 5.10 Å². The average molecular weight is 456 g/mol. The molecule has 0 radical (unpaired) electrons. The minimum Gasteiger partial charge on any atom is -0.485 e. The fourth-order valence-electron chi connectivity index (χ4n) is 3.85. The molecule has 2 aromatic carbocycles. The van der Waals surface area contributed by atoms with Crippen molar-refractivity contribution in [2.24, 2.45) is 0 Å². The van der Waals surface area contributed by atoms with Gasteiger partial charge in [-0.15, -0.1) is 6.58 Å². The number of aromatic nitrogens is 2. The number of hydrogen-bond acceptors (Lipinski definition) is 4. The molecule has 0 aliphatic rings. The molecular formula is C28H29N3O3. The van der Waals surface area contributed by atoms with E-state index in [1.165, 1.54) is 11.1 Å². The number of aryl methyl sites for hydroxylation is 2. The van der Waals surface area contributed by atoms with Crippen LogP contribution in [0.25, 0.3) is 0 Å². The zero-order chi connectivity index (χ0) is 24.1. The van der Waals surface area contributed by atoms with E-state index >= 15 is 0 Å². The first-order valence-electron chi connectivity index (χ1n) is 11.3. The molecule has 4 rings (SSSR count). The van der Waals surface area contributed by atoms with E-state index in [0.29, 0.717) is 18.0 Å². The standard InChI is InChI=1S/C28H29N3O3/c1-5-10-22-12-8-9-14-25(22)33-18-24-15-16-26(34-24)28(32)29-27-20(3)30-31(21(27)4)17-23-13-7-6-11-19(23)2/h5-9,11-16H,1,10,17-18H2,2-4H3,(H,29,32). The first-order valence-corrected chi connectivity index (χ1v) is 11.3. The normalized spacial score (nSPS) is 10.8. The van der Waals surface area contributed by atoms with Crippen molar-refractivity contribution >= 4 is 11.6 Å². The van der Waals surface area contributed by atoms with E-state index in [4.69, 9.17) is 9.15 Å². The molecule has 2 aromatic heterocycles. The third kappa shape index (κ3) is 5.12. The SMILES string of the molecule is C=CCc1ccccc1OCc1ccc(C(=O)Nc2c(C)nn(Cc3ccccc3C)c2C)o1. The molecule has 0 atom stereocenters. The fraction of sp³-hybridized carbons (Fsp3) is 0.214. The highest BCUT2D eigenvalue weighted by molar-refractivity contribution is 6.02. The molecule has 0 unspecified atom stereocenters. The zero-order valence-electron chi connectivity index (χ0n) is 19.8. The number of para-hydroxylation sites is 1. The van der Waals surface area contributed by atoms with E-state index in [2.05, 4.69) is 36.1 Å². The molecule has 0 saturated carbocycles. The van der Waals surface area contributed by atoms with Gasteiger partial charge in [0.1, 0.15) is 18.1 Å². The first kappa shape index (κ1) is 23.1. The number of amides is 1. The Morgan fingerprint density at radius 1 is 1.06 bits per heavy atom. The van der Waals surface area contributed by atoms with E-state index in [-0.39, 0.29) is 18.3 Å². The molecule has 174 valence electrons. The molecular weight excluding hydrogens is 426 g/mol. The second-order valence-corrected chi connectivity index (χ2v) is 8.24. The van der Waals surface area contributed by atoms with E-state index in [0.717, 1.165) is 29.1 Å².